The molecule has 25 heavy (non-hydrogen) atoms. The van der Waals surface area contributed by atoms with Crippen molar-refractivity contribution < 1.29 is 19.2 Å². The monoisotopic (exact) mass is 362 g/mol. The number of nitrogens with one attached hydrogen (secondary N) is 1. The van der Waals surface area contributed by atoms with E-state index < -0.39 is 16.9 Å². The Morgan fingerprint density at radius 3 is 2.68 bits per heavy atom. The van der Waals surface area contributed by atoms with Crippen LogP contribution in [0.5, 0.6) is 5.75 Å². The van der Waals surface area contributed by atoms with Gasteiger partial charge in [0.15, 0.2) is 11.9 Å². The average Bonchev–Trinajstić information content (AvgIpc) is 2.58. The minimum absolute atomic E-state index is 0.0962. The second kappa shape index (κ2) is 7.76. The molecule has 0 aliphatic heterocycles. The second-order valence-electron chi connectivity index (χ2n) is 5.31. The zero-order chi connectivity index (χ0) is 18.6. The topological polar surface area (TPSA) is 98.5 Å². The molecule has 2 aromatic carbocycles. The average molecular weight is 363 g/mol. The second-order valence-corrected chi connectivity index (χ2v) is 5.75. The molecule has 0 spiro atoms. The number of nitro benzene ring substituents is 1. The molecule has 0 aliphatic rings. The number of aldehydes is 1. The fraction of sp³-hybridized carbons (Fsp3) is 0.176. The first-order chi connectivity index (χ1) is 11.8. The van der Waals surface area contributed by atoms with Crippen LogP contribution in [0.25, 0.3) is 0 Å². The largest absolute Gasteiger partial charge is 0.474 e. The Bertz CT molecular complexity index is 838. The highest BCUT2D eigenvalue weighted by molar-refractivity contribution is 6.31. The molecule has 0 fully saturated rings. The Morgan fingerprint density at radius 2 is 2.04 bits per heavy atom. The highest BCUT2D eigenvalue weighted by Gasteiger charge is 2.22. The molecule has 2 aromatic rings. The molecule has 0 bridgehead atoms. The Morgan fingerprint density at radius 1 is 1.32 bits per heavy atom. The molecule has 130 valence electrons. The number of hydrogen-bond donors (Lipinski definition) is 1. The smallest absolute Gasteiger partial charge is 0.311 e. The SMILES string of the molecule is Cc1ccc(Cl)cc1NC(=O)[C@H](C)Oc1ccc(C=O)cc1[N+](=O)[O-]. The van der Waals surface area contributed by atoms with E-state index >= 15 is 0 Å². The van der Waals surface area contributed by atoms with E-state index in [0.717, 1.165) is 11.6 Å². The highest BCUT2D eigenvalue weighted by Crippen LogP contribution is 2.29. The quantitative estimate of drug-likeness (QED) is 0.479. The van der Waals surface area contributed by atoms with Gasteiger partial charge in [0, 0.05) is 22.3 Å². The van der Waals surface area contributed by atoms with Crippen LogP contribution in [0.3, 0.4) is 0 Å². The van der Waals surface area contributed by atoms with Gasteiger partial charge in [-0.3, -0.25) is 19.7 Å². The molecule has 0 saturated heterocycles. The van der Waals surface area contributed by atoms with E-state index in [9.17, 15) is 19.7 Å². The third kappa shape index (κ3) is 4.54. The maximum Gasteiger partial charge on any atom is 0.311 e. The zero-order valence-corrected chi connectivity index (χ0v) is 14.2. The molecule has 0 saturated carbocycles. The molecule has 1 amide bonds. The number of halogens is 1. The third-order valence-corrected chi connectivity index (χ3v) is 3.68. The molecule has 0 aliphatic carbocycles. The maximum absolute atomic E-state index is 12.3. The van der Waals surface area contributed by atoms with Crippen molar-refractivity contribution in [3.8, 4) is 5.75 Å². The molecule has 1 atom stereocenters. The highest BCUT2D eigenvalue weighted by atomic mass is 35.5. The van der Waals surface area contributed by atoms with E-state index in [0.29, 0.717) is 17.0 Å². The lowest BCUT2D eigenvalue weighted by Crippen LogP contribution is -2.30. The fourth-order valence-corrected chi connectivity index (χ4v) is 2.23. The van der Waals surface area contributed by atoms with Gasteiger partial charge in [0.05, 0.1) is 4.92 Å². The van der Waals surface area contributed by atoms with E-state index in [2.05, 4.69) is 5.32 Å². The number of anilines is 1. The standard InChI is InChI=1S/C17H15ClN2O5/c1-10-3-5-13(18)8-14(10)19-17(22)11(2)25-16-6-4-12(9-21)7-15(16)20(23)24/h3-9,11H,1-2H3,(H,19,22)/t11-/m0/s1. The van der Waals surface area contributed by atoms with Gasteiger partial charge in [0.2, 0.25) is 0 Å². The maximum atomic E-state index is 12.3. The molecule has 7 nitrogen and oxygen atoms in total. The first-order valence-corrected chi connectivity index (χ1v) is 7.67. The van der Waals surface area contributed by atoms with Crippen molar-refractivity contribution in [2.24, 2.45) is 0 Å². The van der Waals surface area contributed by atoms with Gasteiger partial charge in [-0.05, 0) is 43.7 Å². The van der Waals surface area contributed by atoms with E-state index in [-0.39, 0.29) is 17.0 Å². The summed E-state index contributed by atoms with van der Waals surface area (Å²) in [5, 5.41) is 14.2. The fourth-order valence-electron chi connectivity index (χ4n) is 2.06. The van der Waals surface area contributed by atoms with Crippen LogP contribution in [0, 0.1) is 17.0 Å². The van der Waals surface area contributed by atoms with Crippen LogP contribution >= 0.6 is 11.6 Å². The van der Waals surface area contributed by atoms with Gasteiger partial charge in [-0.15, -0.1) is 0 Å². The molecule has 2 rings (SSSR count). The first kappa shape index (κ1) is 18.4. The van der Waals surface area contributed by atoms with Crippen molar-refractivity contribution in [1.82, 2.24) is 0 Å². The number of rotatable bonds is 6. The number of benzene rings is 2. The van der Waals surface area contributed by atoms with E-state index in [4.69, 9.17) is 16.3 Å². The van der Waals surface area contributed by atoms with E-state index in [1.165, 1.54) is 19.1 Å². The summed E-state index contributed by atoms with van der Waals surface area (Å²) >= 11 is 5.91. The van der Waals surface area contributed by atoms with Gasteiger partial charge in [0.25, 0.3) is 5.91 Å². The number of amides is 1. The molecule has 0 heterocycles. The van der Waals surface area contributed by atoms with Crippen LogP contribution in [0.4, 0.5) is 11.4 Å². The minimum Gasteiger partial charge on any atom is -0.474 e. The summed E-state index contributed by atoms with van der Waals surface area (Å²) in [4.78, 5) is 33.5. The zero-order valence-electron chi connectivity index (χ0n) is 13.5. The summed E-state index contributed by atoms with van der Waals surface area (Å²) in [6, 6.07) is 8.81. The van der Waals surface area contributed by atoms with Crippen molar-refractivity contribution in [1.29, 1.82) is 0 Å². The van der Waals surface area contributed by atoms with Crippen LogP contribution in [0.1, 0.15) is 22.8 Å². The normalized spacial score (nSPS) is 11.5. The summed E-state index contributed by atoms with van der Waals surface area (Å²) in [6.07, 6.45) is -0.506. The van der Waals surface area contributed by atoms with Gasteiger partial charge in [0.1, 0.15) is 6.29 Å². The Balaban J connectivity index is 2.17. The van der Waals surface area contributed by atoms with E-state index in [1.807, 2.05) is 0 Å². The van der Waals surface area contributed by atoms with Gasteiger partial charge in [-0.2, -0.15) is 0 Å². The Hall–Kier alpha value is -2.93. The first-order valence-electron chi connectivity index (χ1n) is 7.29. The Kier molecular flexibility index (Phi) is 5.71. The van der Waals surface area contributed by atoms with Crippen LogP contribution in [0.2, 0.25) is 5.02 Å². The van der Waals surface area contributed by atoms with Crippen molar-refractivity contribution in [2.45, 2.75) is 20.0 Å². The molecule has 0 unspecified atom stereocenters. The van der Waals surface area contributed by atoms with Gasteiger partial charge < -0.3 is 10.1 Å². The summed E-state index contributed by atoms with van der Waals surface area (Å²) in [7, 11) is 0. The molecular formula is C17H15ClN2O5. The lowest BCUT2D eigenvalue weighted by atomic mass is 10.2. The number of ether oxygens (including phenoxy) is 1. The molecule has 0 radical (unpaired) electrons. The van der Waals surface area contributed by atoms with Gasteiger partial charge in [-0.1, -0.05) is 17.7 Å². The molecule has 1 N–H and O–H groups in total. The molecular weight excluding hydrogens is 348 g/mol. The summed E-state index contributed by atoms with van der Waals surface area (Å²) in [5.74, 6) is -0.583. The summed E-state index contributed by atoms with van der Waals surface area (Å²) < 4.78 is 5.41. The van der Waals surface area contributed by atoms with Crippen molar-refractivity contribution in [3.63, 3.8) is 0 Å². The van der Waals surface area contributed by atoms with Crippen LogP contribution in [-0.4, -0.2) is 23.2 Å². The Labute approximate surface area is 148 Å². The number of nitro groups is 1. The number of nitrogens with zero attached hydrogens (tertiary/aromatic N) is 1. The van der Waals surface area contributed by atoms with Gasteiger partial charge in [-0.25, -0.2) is 0 Å². The van der Waals surface area contributed by atoms with Crippen molar-refractivity contribution >= 4 is 35.2 Å². The lowest BCUT2D eigenvalue weighted by Gasteiger charge is -2.16. The minimum atomic E-state index is -1.00. The number of carbonyl (C=O) groups excluding carboxylic acids is 2. The van der Waals surface area contributed by atoms with E-state index in [1.54, 1.807) is 25.1 Å². The lowest BCUT2D eigenvalue weighted by molar-refractivity contribution is -0.386. The van der Waals surface area contributed by atoms with Crippen molar-refractivity contribution in [3.05, 3.63) is 62.7 Å². The predicted octanol–water partition coefficient (Wildman–Crippen LogP) is 3.78. The predicted molar refractivity (Wildman–Crippen MR) is 93.4 cm³/mol. The summed E-state index contributed by atoms with van der Waals surface area (Å²) in [5.41, 5.74) is 1.10. The molecule has 8 heteroatoms. The third-order valence-electron chi connectivity index (χ3n) is 3.45. The molecule has 0 aromatic heterocycles. The van der Waals surface area contributed by atoms with Crippen LogP contribution in [0.15, 0.2) is 36.4 Å². The van der Waals surface area contributed by atoms with Crippen molar-refractivity contribution in [2.75, 3.05) is 5.32 Å². The number of carbonyl (C=O) groups is 2. The number of aryl methyl sites for hydroxylation is 1. The van der Waals surface area contributed by atoms with Crippen LogP contribution in [-0.2, 0) is 4.79 Å². The van der Waals surface area contributed by atoms with Crippen LogP contribution < -0.4 is 10.1 Å². The summed E-state index contributed by atoms with van der Waals surface area (Å²) in [6.45, 7) is 3.27. The van der Waals surface area contributed by atoms with Gasteiger partial charge >= 0.3 is 5.69 Å². The number of hydrogen-bond acceptors (Lipinski definition) is 5.